The summed E-state index contributed by atoms with van der Waals surface area (Å²) in [6, 6.07) is 21.6. The first-order valence-electron chi connectivity index (χ1n) is 9.70. The van der Waals surface area contributed by atoms with Crippen LogP contribution in [0.5, 0.6) is 0 Å². The van der Waals surface area contributed by atoms with E-state index in [4.69, 9.17) is 4.74 Å². The lowest BCUT2D eigenvalue weighted by molar-refractivity contribution is -0.142. The van der Waals surface area contributed by atoms with Crippen LogP contribution in [0, 0.1) is 6.92 Å². The molecule has 2 heterocycles. The third-order valence-electron chi connectivity index (χ3n) is 6.29. The van der Waals surface area contributed by atoms with E-state index in [1.54, 1.807) is 0 Å². The molecular formula is C25H23NO2. The number of carbonyl (C=O) groups is 1. The highest BCUT2D eigenvalue weighted by Gasteiger charge is 2.38. The van der Waals surface area contributed by atoms with E-state index in [-0.39, 0.29) is 11.4 Å². The van der Waals surface area contributed by atoms with E-state index in [1.165, 1.54) is 51.2 Å². The largest absolute Gasteiger partial charge is 0.469 e. The summed E-state index contributed by atoms with van der Waals surface area (Å²) in [6.45, 7) is 5.15. The number of rotatable bonds is 2. The average molecular weight is 369 g/mol. The minimum atomic E-state index is -0.305. The third-order valence-corrected chi connectivity index (χ3v) is 6.29. The minimum absolute atomic E-state index is 0.167. The Morgan fingerprint density at radius 1 is 1.07 bits per heavy atom. The molecule has 3 aromatic carbocycles. The Morgan fingerprint density at radius 3 is 2.50 bits per heavy atom. The maximum atomic E-state index is 12.2. The van der Waals surface area contributed by atoms with Crippen LogP contribution in [-0.4, -0.2) is 17.6 Å². The zero-order valence-corrected chi connectivity index (χ0v) is 16.5. The number of carbonyl (C=O) groups excluding carboxylic acids is 1. The van der Waals surface area contributed by atoms with Crippen molar-refractivity contribution in [2.45, 2.75) is 32.2 Å². The van der Waals surface area contributed by atoms with Crippen molar-refractivity contribution in [3.63, 3.8) is 0 Å². The van der Waals surface area contributed by atoms with E-state index in [0.29, 0.717) is 6.42 Å². The van der Waals surface area contributed by atoms with Crippen molar-refractivity contribution in [3.8, 4) is 11.3 Å². The normalized spacial score (nSPS) is 18.1. The van der Waals surface area contributed by atoms with Crippen LogP contribution in [0.3, 0.4) is 0 Å². The topological polar surface area (TPSA) is 31.2 Å². The number of aryl methyl sites for hydroxylation is 1. The number of hydrogen-bond acceptors (Lipinski definition) is 2. The molecule has 4 aromatic rings. The predicted molar refractivity (Wildman–Crippen MR) is 114 cm³/mol. The fourth-order valence-electron chi connectivity index (χ4n) is 4.91. The van der Waals surface area contributed by atoms with Crippen molar-refractivity contribution in [2.24, 2.45) is 0 Å². The predicted octanol–water partition coefficient (Wildman–Crippen LogP) is 5.60. The van der Waals surface area contributed by atoms with Gasteiger partial charge in [0, 0.05) is 28.4 Å². The molecule has 0 aliphatic carbocycles. The smallest absolute Gasteiger partial charge is 0.306 e. The number of fused-ring (bicyclic) bond motifs is 6. The standard InChI is InChI=1S/C25H23NO2/c1-16-20-12-17-8-4-5-9-18(17)13-22(20)26-15-25(2,14-23(27)28-3)21-11-7-6-10-19(21)24(16)26/h4-13H,14-15H2,1-3H3. The van der Waals surface area contributed by atoms with Gasteiger partial charge in [-0.2, -0.15) is 0 Å². The Kier molecular flexibility index (Phi) is 3.63. The Morgan fingerprint density at radius 2 is 1.75 bits per heavy atom. The molecule has 0 fully saturated rings. The molecule has 28 heavy (non-hydrogen) atoms. The fraction of sp³-hybridized carbons (Fsp3) is 0.240. The highest BCUT2D eigenvalue weighted by atomic mass is 16.5. The molecule has 0 saturated carbocycles. The first-order chi connectivity index (χ1) is 13.5. The molecule has 5 rings (SSSR count). The number of esters is 1. The number of hydrogen-bond donors (Lipinski definition) is 0. The molecule has 0 bridgehead atoms. The van der Waals surface area contributed by atoms with E-state index in [0.717, 1.165) is 6.54 Å². The number of nitrogens with zero attached hydrogens (tertiary/aromatic N) is 1. The van der Waals surface area contributed by atoms with Gasteiger partial charge in [-0.25, -0.2) is 0 Å². The van der Waals surface area contributed by atoms with Crippen LogP contribution >= 0.6 is 0 Å². The van der Waals surface area contributed by atoms with Crippen LogP contribution in [0.4, 0.5) is 0 Å². The van der Waals surface area contributed by atoms with Crippen LogP contribution < -0.4 is 0 Å². The van der Waals surface area contributed by atoms with Gasteiger partial charge in [0.1, 0.15) is 0 Å². The molecule has 140 valence electrons. The molecule has 0 saturated heterocycles. The molecule has 3 heteroatoms. The molecule has 0 radical (unpaired) electrons. The van der Waals surface area contributed by atoms with E-state index in [1.807, 2.05) is 0 Å². The zero-order valence-electron chi connectivity index (χ0n) is 16.5. The van der Waals surface area contributed by atoms with E-state index >= 15 is 0 Å². The van der Waals surface area contributed by atoms with E-state index in [9.17, 15) is 4.79 Å². The summed E-state index contributed by atoms with van der Waals surface area (Å²) >= 11 is 0. The molecule has 3 nitrogen and oxygen atoms in total. The van der Waals surface area contributed by atoms with E-state index < -0.39 is 0 Å². The molecule has 1 atom stereocenters. The van der Waals surface area contributed by atoms with Gasteiger partial charge in [0.15, 0.2) is 0 Å². The second-order valence-corrected chi connectivity index (χ2v) is 8.14. The van der Waals surface area contributed by atoms with Crippen LogP contribution in [0.2, 0.25) is 0 Å². The molecular weight excluding hydrogens is 346 g/mol. The first kappa shape index (κ1) is 17.1. The monoisotopic (exact) mass is 369 g/mol. The maximum absolute atomic E-state index is 12.2. The fourth-order valence-corrected chi connectivity index (χ4v) is 4.91. The second-order valence-electron chi connectivity index (χ2n) is 8.14. The van der Waals surface area contributed by atoms with Gasteiger partial charge < -0.3 is 9.30 Å². The lowest BCUT2D eigenvalue weighted by Crippen LogP contribution is -2.35. The highest BCUT2D eigenvalue weighted by molar-refractivity contribution is 6.02. The van der Waals surface area contributed by atoms with Gasteiger partial charge >= 0.3 is 5.97 Å². The number of ether oxygens (including phenoxy) is 1. The number of benzene rings is 3. The lowest BCUT2D eigenvalue weighted by atomic mass is 9.74. The number of methoxy groups -OCH3 is 1. The maximum Gasteiger partial charge on any atom is 0.306 e. The third kappa shape index (κ3) is 2.32. The van der Waals surface area contributed by atoms with E-state index in [2.05, 4.69) is 79.1 Å². The minimum Gasteiger partial charge on any atom is -0.469 e. The molecule has 1 aliphatic rings. The van der Waals surface area contributed by atoms with Crippen molar-refractivity contribution >= 4 is 27.6 Å². The van der Waals surface area contributed by atoms with Gasteiger partial charge in [-0.05, 0) is 41.0 Å². The van der Waals surface area contributed by atoms with Gasteiger partial charge in [0.2, 0.25) is 0 Å². The van der Waals surface area contributed by atoms with Crippen molar-refractivity contribution in [1.29, 1.82) is 0 Å². The Hall–Kier alpha value is -3.07. The van der Waals surface area contributed by atoms with Crippen molar-refractivity contribution in [3.05, 3.63) is 71.8 Å². The summed E-state index contributed by atoms with van der Waals surface area (Å²) in [7, 11) is 1.47. The van der Waals surface area contributed by atoms with Gasteiger partial charge in [-0.3, -0.25) is 4.79 Å². The summed E-state index contributed by atoms with van der Waals surface area (Å²) in [5, 5.41) is 3.78. The molecule has 1 aromatic heterocycles. The van der Waals surface area contributed by atoms with Crippen molar-refractivity contribution in [2.75, 3.05) is 7.11 Å². The average Bonchev–Trinajstić information content (AvgIpc) is 2.97. The highest BCUT2D eigenvalue weighted by Crippen LogP contribution is 2.47. The molecule has 0 spiro atoms. The van der Waals surface area contributed by atoms with Gasteiger partial charge in [0.05, 0.1) is 19.2 Å². The second kappa shape index (κ2) is 5.96. The van der Waals surface area contributed by atoms with Crippen molar-refractivity contribution < 1.29 is 9.53 Å². The van der Waals surface area contributed by atoms with Crippen LogP contribution in [0.15, 0.2) is 60.7 Å². The van der Waals surface area contributed by atoms with Gasteiger partial charge in [-0.1, -0.05) is 55.5 Å². The summed E-state index contributed by atoms with van der Waals surface area (Å²) in [5.41, 5.74) is 5.94. The first-order valence-corrected chi connectivity index (χ1v) is 9.70. The lowest BCUT2D eigenvalue weighted by Gasteiger charge is -2.37. The molecule has 0 N–H and O–H groups in total. The molecule has 0 amide bonds. The SMILES string of the molecule is COC(=O)CC1(C)Cn2c(c(C)c3cc4ccccc4cc32)-c2ccccc21. The quantitative estimate of drug-likeness (QED) is 0.430. The van der Waals surface area contributed by atoms with Gasteiger partial charge in [-0.15, -0.1) is 0 Å². The van der Waals surface area contributed by atoms with Crippen LogP contribution in [-0.2, 0) is 21.5 Å². The number of aromatic nitrogens is 1. The summed E-state index contributed by atoms with van der Waals surface area (Å²) in [5.74, 6) is -0.167. The molecule has 1 unspecified atom stereocenters. The Labute approximate surface area is 164 Å². The summed E-state index contributed by atoms with van der Waals surface area (Å²) in [6.07, 6.45) is 0.367. The van der Waals surface area contributed by atoms with Gasteiger partial charge in [0.25, 0.3) is 0 Å². The van der Waals surface area contributed by atoms with Crippen LogP contribution in [0.25, 0.3) is 32.9 Å². The Balaban J connectivity index is 1.83. The summed E-state index contributed by atoms with van der Waals surface area (Å²) < 4.78 is 7.43. The Bertz CT molecular complexity index is 1250. The van der Waals surface area contributed by atoms with Crippen molar-refractivity contribution in [1.82, 2.24) is 4.57 Å². The summed E-state index contributed by atoms with van der Waals surface area (Å²) in [4.78, 5) is 12.2. The van der Waals surface area contributed by atoms with Crippen LogP contribution in [0.1, 0.15) is 24.5 Å². The zero-order chi connectivity index (χ0) is 19.5. The molecule has 1 aliphatic heterocycles.